The highest BCUT2D eigenvalue weighted by atomic mass is 19.1. The molecule has 4 aromatic rings. The first-order chi connectivity index (χ1) is 16.0. The van der Waals surface area contributed by atoms with Crippen molar-refractivity contribution in [3.63, 3.8) is 0 Å². The maximum atomic E-state index is 13.4. The standard InChI is InChI=1S/C26H22FN3O3/c1-16-3-9-22(17(2)11-16)30-23(13-21(29-30)19-5-7-20(27)8-6-19)26(31)28-14-18-4-10-24-25(12-18)33-15-32-24/h3-13H,14-15H2,1-2H3,(H,28,31). The van der Waals surface area contributed by atoms with Crippen molar-refractivity contribution in [3.8, 4) is 28.4 Å². The van der Waals surface area contributed by atoms with E-state index in [1.807, 2.05) is 50.2 Å². The summed E-state index contributed by atoms with van der Waals surface area (Å²) in [4.78, 5) is 13.2. The zero-order chi connectivity index (χ0) is 22.9. The molecule has 7 heteroatoms. The molecule has 0 atom stereocenters. The number of amides is 1. The van der Waals surface area contributed by atoms with Crippen LogP contribution in [0.2, 0.25) is 0 Å². The molecule has 3 aromatic carbocycles. The molecule has 0 saturated carbocycles. The van der Waals surface area contributed by atoms with Gasteiger partial charge in [0.1, 0.15) is 11.5 Å². The second kappa shape index (κ2) is 8.43. The van der Waals surface area contributed by atoms with Crippen LogP contribution in [0.5, 0.6) is 11.5 Å². The number of hydrogen-bond donors (Lipinski definition) is 1. The Balaban J connectivity index is 1.47. The van der Waals surface area contributed by atoms with E-state index in [2.05, 4.69) is 5.32 Å². The predicted octanol–water partition coefficient (Wildman–Crippen LogP) is 4.95. The molecule has 0 spiro atoms. The first-order valence-corrected chi connectivity index (χ1v) is 10.6. The molecule has 1 aromatic heterocycles. The van der Waals surface area contributed by atoms with Gasteiger partial charge in [0.25, 0.3) is 5.91 Å². The SMILES string of the molecule is Cc1ccc(-n2nc(-c3ccc(F)cc3)cc2C(=O)NCc2ccc3c(c2)OCO3)c(C)c1. The molecule has 1 aliphatic rings. The number of carbonyl (C=O) groups is 1. The third-order valence-corrected chi connectivity index (χ3v) is 5.55. The van der Waals surface area contributed by atoms with E-state index in [0.717, 1.165) is 27.9 Å². The second-order valence-electron chi connectivity index (χ2n) is 7.99. The van der Waals surface area contributed by atoms with Gasteiger partial charge in [-0.15, -0.1) is 0 Å². The second-order valence-corrected chi connectivity index (χ2v) is 7.99. The Bertz CT molecular complexity index is 1350. The fraction of sp³-hybridized carbons (Fsp3) is 0.154. The molecule has 33 heavy (non-hydrogen) atoms. The van der Waals surface area contributed by atoms with Crippen molar-refractivity contribution in [1.82, 2.24) is 15.1 Å². The zero-order valence-electron chi connectivity index (χ0n) is 18.3. The van der Waals surface area contributed by atoms with Crippen molar-refractivity contribution in [2.75, 3.05) is 6.79 Å². The quantitative estimate of drug-likeness (QED) is 0.474. The van der Waals surface area contributed by atoms with Crippen LogP contribution in [0.1, 0.15) is 27.2 Å². The van der Waals surface area contributed by atoms with Crippen molar-refractivity contribution in [3.05, 3.63) is 94.9 Å². The zero-order valence-corrected chi connectivity index (χ0v) is 18.3. The number of nitrogens with zero attached hydrogens (tertiary/aromatic N) is 2. The van der Waals surface area contributed by atoms with Gasteiger partial charge >= 0.3 is 0 Å². The third-order valence-electron chi connectivity index (χ3n) is 5.55. The Kier molecular flexibility index (Phi) is 5.30. The highest BCUT2D eigenvalue weighted by Crippen LogP contribution is 2.32. The van der Waals surface area contributed by atoms with Crippen molar-refractivity contribution in [1.29, 1.82) is 0 Å². The number of hydrogen-bond acceptors (Lipinski definition) is 4. The molecule has 1 aliphatic heterocycles. The van der Waals surface area contributed by atoms with E-state index in [1.165, 1.54) is 12.1 Å². The van der Waals surface area contributed by atoms with Crippen molar-refractivity contribution < 1.29 is 18.7 Å². The van der Waals surface area contributed by atoms with Gasteiger partial charge in [0.2, 0.25) is 6.79 Å². The Morgan fingerprint density at radius 1 is 1.00 bits per heavy atom. The molecule has 0 saturated heterocycles. The van der Waals surface area contributed by atoms with Gasteiger partial charge in [-0.2, -0.15) is 5.10 Å². The molecule has 1 amide bonds. The third kappa shape index (κ3) is 4.17. The molecule has 5 rings (SSSR count). The van der Waals surface area contributed by atoms with Gasteiger partial charge in [-0.3, -0.25) is 4.79 Å². The maximum Gasteiger partial charge on any atom is 0.270 e. The fourth-order valence-electron chi connectivity index (χ4n) is 3.86. The summed E-state index contributed by atoms with van der Waals surface area (Å²) in [6, 6.07) is 19.3. The van der Waals surface area contributed by atoms with Crippen LogP contribution in [0.4, 0.5) is 4.39 Å². The summed E-state index contributed by atoms with van der Waals surface area (Å²) in [5.41, 5.74) is 5.52. The van der Waals surface area contributed by atoms with E-state index in [0.29, 0.717) is 29.4 Å². The molecular formula is C26H22FN3O3. The highest BCUT2D eigenvalue weighted by molar-refractivity contribution is 5.94. The van der Waals surface area contributed by atoms with Crippen LogP contribution in [-0.4, -0.2) is 22.5 Å². The summed E-state index contributed by atoms with van der Waals surface area (Å²) in [6.45, 7) is 4.52. The van der Waals surface area contributed by atoms with Crippen LogP contribution in [0, 0.1) is 19.7 Å². The Morgan fingerprint density at radius 2 is 1.79 bits per heavy atom. The summed E-state index contributed by atoms with van der Waals surface area (Å²) < 4.78 is 25.8. The number of aryl methyl sites for hydroxylation is 2. The largest absolute Gasteiger partial charge is 0.454 e. The topological polar surface area (TPSA) is 65.4 Å². The van der Waals surface area contributed by atoms with Crippen LogP contribution in [0.15, 0.2) is 66.7 Å². The molecule has 0 radical (unpaired) electrons. The summed E-state index contributed by atoms with van der Waals surface area (Å²) >= 11 is 0. The molecule has 2 heterocycles. The monoisotopic (exact) mass is 443 g/mol. The van der Waals surface area contributed by atoms with Gasteiger partial charge in [0.15, 0.2) is 11.5 Å². The molecule has 0 fully saturated rings. The lowest BCUT2D eigenvalue weighted by atomic mass is 10.1. The van der Waals surface area contributed by atoms with E-state index in [1.54, 1.807) is 22.9 Å². The van der Waals surface area contributed by atoms with Crippen LogP contribution >= 0.6 is 0 Å². The summed E-state index contributed by atoms with van der Waals surface area (Å²) in [5.74, 6) is 0.769. The van der Waals surface area contributed by atoms with Crippen molar-refractivity contribution >= 4 is 5.91 Å². The van der Waals surface area contributed by atoms with Gasteiger partial charge in [-0.1, -0.05) is 23.8 Å². The van der Waals surface area contributed by atoms with Crippen molar-refractivity contribution in [2.24, 2.45) is 0 Å². The van der Waals surface area contributed by atoms with Crippen LogP contribution in [0.3, 0.4) is 0 Å². The first kappa shape index (κ1) is 20.8. The Hall–Kier alpha value is -4.13. The van der Waals surface area contributed by atoms with Crippen LogP contribution in [0.25, 0.3) is 16.9 Å². The average Bonchev–Trinajstić information content (AvgIpc) is 3.45. The van der Waals surface area contributed by atoms with Crippen molar-refractivity contribution in [2.45, 2.75) is 20.4 Å². The summed E-state index contributed by atoms with van der Waals surface area (Å²) in [6.07, 6.45) is 0. The minimum atomic E-state index is -0.325. The number of fused-ring (bicyclic) bond motifs is 1. The van der Waals surface area contributed by atoms with Crippen LogP contribution < -0.4 is 14.8 Å². The maximum absolute atomic E-state index is 13.4. The van der Waals surface area contributed by atoms with Gasteiger partial charge in [0.05, 0.1) is 11.4 Å². The molecule has 0 bridgehead atoms. The number of nitrogens with one attached hydrogen (secondary N) is 1. The lowest BCUT2D eigenvalue weighted by molar-refractivity contribution is 0.0943. The summed E-state index contributed by atoms with van der Waals surface area (Å²) in [5, 5.41) is 7.66. The molecule has 0 aliphatic carbocycles. The van der Waals surface area contributed by atoms with E-state index >= 15 is 0 Å². The molecule has 0 unspecified atom stereocenters. The molecule has 6 nitrogen and oxygen atoms in total. The van der Waals surface area contributed by atoms with E-state index < -0.39 is 0 Å². The predicted molar refractivity (Wildman–Crippen MR) is 122 cm³/mol. The van der Waals surface area contributed by atoms with Gasteiger partial charge in [0, 0.05) is 12.1 Å². The highest BCUT2D eigenvalue weighted by Gasteiger charge is 2.19. The Labute approximate surface area is 190 Å². The minimum Gasteiger partial charge on any atom is -0.454 e. The minimum absolute atomic E-state index is 0.201. The number of carbonyl (C=O) groups excluding carboxylic acids is 1. The normalized spacial score (nSPS) is 12.1. The molecule has 1 N–H and O–H groups in total. The molecule has 166 valence electrons. The average molecular weight is 443 g/mol. The van der Waals surface area contributed by atoms with E-state index in [9.17, 15) is 9.18 Å². The summed E-state index contributed by atoms with van der Waals surface area (Å²) in [7, 11) is 0. The first-order valence-electron chi connectivity index (χ1n) is 10.6. The van der Waals surface area contributed by atoms with Crippen LogP contribution in [-0.2, 0) is 6.54 Å². The number of aromatic nitrogens is 2. The fourth-order valence-corrected chi connectivity index (χ4v) is 3.86. The lowest BCUT2D eigenvalue weighted by Crippen LogP contribution is -2.25. The lowest BCUT2D eigenvalue weighted by Gasteiger charge is -2.11. The number of halogens is 1. The van der Waals surface area contributed by atoms with Gasteiger partial charge in [-0.25, -0.2) is 9.07 Å². The van der Waals surface area contributed by atoms with Gasteiger partial charge < -0.3 is 14.8 Å². The number of rotatable bonds is 5. The Morgan fingerprint density at radius 3 is 2.58 bits per heavy atom. The van der Waals surface area contributed by atoms with E-state index in [4.69, 9.17) is 14.6 Å². The smallest absolute Gasteiger partial charge is 0.270 e. The van der Waals surface area contributed by atoms with Gasteiger partial charge in [-0.05, 0) is 73.5 Å². The molecular weight excluding hydrogens is 421 g/mol. The van der Waals surface area contributed by atoms with E-state index in [-0.39, 0.29) is 18.5 Å². The number of ether oxygens (including phenoxy) is 2. The number of benzene rings is 3.